The molecular weight excluding hydrogens is 398 g/mol. The van der Waals surface area contributed by atoms with Gasteiger partial charge in [0.2, 0.25) is 0 Å². The van der Waals surface area contributed by atoms with Gasteiger partial charge in [0.15, 0.2) is 0 Å². The maximum atomic E-state index is 12.3. The van der Waals surface area contributed by atoms with Gasteiger partial charge in [-0.2, -0.15) is 0 Å². The van der Waals surface area contributed by atoms with Crippen molar-refractivity contribution in [1.82, 2.24) is 15.6 Å². The molecule has 0 saturated heterocycles. The number of nitrogens with zero attached hydrogens (tertiary/aromatic N) is 2. The number of rotatable bonds is 6. The number of fused-ring (bicyclic) bond motifs is 1. The standard InChI is InChI=1S/C26H33N5O/c1-18-8-4-5-9-19(18)17-27-26(32)29-21-14-12-20(13-15-21)28-25-16-24(31(2)3)22-10-6-7-11-23(22)30-25/h4-11,16,20-21H,12-15,17H2,1-3H3,(H,28,30)(H2,27,29,32). The maximum Gasteiger partial charge on any atom is 0.315 e. The van der Waals surface area contributed by atoms with Gasteiger partial charge in [0.1, 0.15) is 5.82 Å². The first-order chi connectivity index (χ1) is 15.5. The second-order valence-electron chi connectivity index (χ2n) is 8.88. The predicted octanol–water partition coefficient (Wildman–Crippen LogP) is 4.83. The Morgan fingerprint density at radius 1 is 1.00 bits per heavy atom. The number of carbonyl (C=O) groups is 1. The zero-order valence-corrected chi connectivity index (χ0v) is 19.2. The minimum Gasteiger partial charge on any atom is -0.377 e. The van der Waals surface area contributed by atoms with Crippen LogP contribution in [-0.4, -0.2) is 37.2 Å². The lowest BCUT2D eigenvalue weighted by molar-refractivity contribution is 0.231. The Morgan fingerprint density at radius 3 is 2.44 bits per heavy atom. The second-order valence-corrected chi connectivity index (χ2v) is 8.88. The third-order valence-electron chi connectivity index (χ3n) is 6.29. The van der Waals surface area contributed by atoms with Gasteiger partial charge in [0.05, 0.1) is 5.52 Å². The fraction of sp³-hybridized carbons (Fsp3) is 0.385. The molecule has 0 aliphatic heterocycles. The molecule has 0 spiro atoms. The molecule has 1 heterocycles. The molecule has 1 fully saturated rings. The molecule has 168 valence electrons. The Hall–Kier alpha value is -3.28. The minimum atomic E-state index is -0.0866. The fourth-order valence-corrected chi connectivity index (χ4v) is 4.41. The predicted molar refractivity (Wildman–Crippen MR) is 132 cm³/mol. The Bertz CT molecular complexity index is 1070. The molecule has 0 bridgehead atoms. The fourth-order valence-electron chi connectivity index (χ4n) is 4.41. The number of nitrogens with one attached hydrogen (secondary N) is 3. The smallest absolute Gasteiger partial charge is 0.315 e. The summed E-state index contributed by atoms with van der Waals surface area (Å²) < 4.78 is 0. The Balaban J connectivity index is 1.29. The molecule has 2 amide bonds. The van der Waals surface area contributed by atoms with Crippen LogP contribution in [0.25, 0.3) is 10.9 Å². The van der Waals surface area contributed by atoms with Gasteiger partial charge in [-0.1, -0.05) is 42.5 Å². The molecule has 0 radical (unpaired) electrons. The molecule has 1 aromatic heterocycles. The van der Waals surface area contributed by atoms with Crippen LogP contribution in [0.2, 0.25) is 0 Å². The zero-order valence-electron chi connectivity index (χ0n) is 19.2. The highest BCUT2D eigenvalue weighted by Gasteiger charge is 2.23. The van der Waals surface area contributed by atoms with Crippen LogP contribution in [0.3, 0.4) is 0 Å². The number of anilines is 2. The van der Waals surface area contributed by atoms with E-state index < -0.39 is 0 Å². The highest BCUT2D eigenvalue weighted by atomic mass is 16.2. The molecule has 1 saturated carbocycles. The summed E-state index contributed by atoms with van der Waals surface area (Å²) in [5.74, 6) is 0.916. The topological polar surface area (TPSA) is 69.3 Å². The molecular formula is C26H33N5O. The van der Waals surface area contributed by atoms with Crippen molar-refractivity contribution in [1.29, 1.82) is 0 Å². The number of para-hydroxylation sites is 1. The number of pyridine rings is 1. The normalized spacial score (nSPS) is 18.2. The number of aromatic nitrogens is 1. The Morgan fingerprint density at radius 2 is 1.69 bits per heavy atom. The summed E-state index contributed by atoms with van der Waals surface area (Å²) >= 11 is 0. The molecule has 2 aromatic carbocycles. The van der Waals surface area contributed by atoms with E-state index in [4.69, 9.17) is 4.98 Å². The number of carbonyl (C=O) groups excluding carboxylic acids is 1. The third kappa shape index (κ3) is 5.31. The van der Waals surface area contributed by atoms with E-state index >= 15 is 0 Å². The van der Waals surface area contributed by atoms with Gasteiger partial charge in [-0.15, -0.1) is 0 Å². The monoisotopic (exact) mass is 431 g/mol. The molecule has 32 heavy (non-hydrogen) atoms. The van der Waals surface area contributed by atoms with Crippen LogP contribution in [0, 0.1) is 6.92 Å². The molecule has 6 heteroatoms. The van der Waals surface area contributed by atoms with E-state index in [-0.39, 0.29) is 12.1 Å². The van der Waals surface area contributed by atoms with Gasteiger partial charge in [0, 0.05) is 49.9 Å². The van der Waals surface area contributed by atoms with Crippen LogP contribution in [0.4, 0.5) is 16.3 Å². The summed E-state index contributed by atoms with van der Waals surface area (Å²) in [6.45, 7) is 2.62. The van der Waals surface area contributed by atoms with E-state index in [1.807, 2.05) is 18.2 Å². The number of amides is 2. The maximum absolute atomic E-state index is 12.3. The number of benzene rings is 2. The summed E-state index contributed by atoms with van der Waals surface area (Å²) in [7, 11) is 4.12. The van der Waals surface area contributed by atoms with Gasteiger partial charge < -0.3 is 20.9 Å². The first-order valence-corrected chi connectivity index (χ1v) is 11.4. The zero-order chi connectivity index (χ0) is 22.5. The minimum absolute atomic E-state index is 0.0866. The second kappa shape index (κ2) is 9.90. The van der Waals surface area contributed by atoms with Crippen LogP contribution in [0.5, 0.6) is 0 Å². The van der Waals surface area contributed by atoms with E-state index in [9.17, 15) is 4.79 Å². The van der Waals surface area contributed by atoms with Gasteiger partial charge in [-0.3, -0.25) is 0 Å². The van der Waals surface area contributed by atoms with Crippen LogP contribution < -0.4 is 20.9 Å². The Labute approximate surface area is 190 Å². The summed E-state index contributed by atoms with van der Waals surface area (Å²) in [4.78, 5) is 19.3. The van der Waals surface area contributed by atoms with Gasteiger partial charge in [-0.05, 0) is 49.8 Å². The van der Waals surface area contributed by atoms with Crippen molar-refractivity contribution in [3.63, 3.8) is 0 Å². The first kappa shape index (κ1) is 21.9. The van der Waals surface area contributed by atoms with Gasteiger partial charge in [0.25, 0.3) is 0 Å². The van der Waals surface area contributed by atoms with Crippen molar-refractivity contribution in [2.24, 2.45) is 0 Å². The summed E-state index contributed by atoms with van der Waals surface area (Å²) in [5.41, 5.74) is 4.51. The number of aryl methyl sites for hydroxylation is 1. The number of hydrogen-bond acceptors (Lipinski definition) is 4. The largest absolute Gasteiger partial charge is 0.377 e. The summed E-state index contributed by atoms with van der Waals surface area (Å²) in [6, 6.07) is 19.0. The first-order valence-electron chi connectivity index (χ1n) is 11.4. The van der Waals surface area contributed by atoms with E-state index in [1.165, 1.54) is 11.3 Å². The van der Waals surface area contributed by atoms with Gasteiger partial charge >= 0.3 is 6.03 Å². The average molecular weight is 432 g/mol. The van der Waals surface area contributed by atoms with Crippen LogP contribution in [0.15, 0.2) is 54.6 Å². The van der Waals surface area contributed by atoms with Crippen molar-refractivity contribution in [2.45, 2.75) is 51.2 Å². The molecule has 4 rings (SSSR count). The van der Waals surface area contributed by atoms with E-state index in [1.54, 1.807) is 0 Å². The van der Waals surface area contributed by atoms with Crippen molar-refractivity contribution >= 4 is 28.4 Å². The number of urea groups is 1. The third-order valence-corrected chi connectivity index (χ3v) is 6.29. The van der Waals surface area contributed by atoms with Gasteiger partial charge in [-0.25, -0.2) is 9.78 Å². The SMILES string of the molecule is Cc1ccccc1CNC(=O)NC1CCC(Nc2cc(N(C)C)c3ccccc3n2)CC1. The summed E-state index contributed by atoms with van der Waals surface area (Å²) in [6.07, 6.45) is 3.94. The Kier molecular flexibility index (Phi) is 6.78. The lowest BCUT2D eigenvalue weighted by Crippen LogP contribution is -2.44. The molecule has 3 N–H and O–H groups in total. The molecule has 0 atom stereocenters. The van der Waals surface area contributed by atoms with Crippen LogP contribution in [-0.2, 0) is 6.54 Å². The molecule has 6 nitrogen and oxygen atoms in total. The van der Waals surface area contributed by atoms with E-state index in [0.29, 0.717) is 12.6 Å². The van der Waals surface area contributed by atoms with Crippen molar-refractivity contribution in [3.8, 4) is 0 Å². The lowest BCUT2D eigenvalue weighted by Gasteiger charge is -2.30. The highest BCUT2D eigenvalue weighted by molar-refractivity contribution is 5.93. The molecule has 3 aromatic rings. The molecule has 1 aliphatic rings. The molecule has 0 unspecified atom stereocenters. The average Bonchev–Trinajstić information content (AvgIpc) is 2.79. The van der Waals surface area contributed by atoms with Crippen LogP contribution in [0.1, 0.15) is 36.8 Å². The lowest BCUT2D eigenvalue weighted by atomic mass is 9.91. The van der Waals surface area contributed by atoms with Crippen molar-refractivity contribution in [2.75, 3.05) is 24.3 Å². The molecule has 1 aliphatic carbocycles. The van der Waals surface area contributed by atoms with Crippen LogP contribution >= 0.6 is 0 Å². The quantitative estimate of drug-likeness (QED) is 0.523. The van der Waals surface area contributed by atoms with E-state index in [0.717, 1.165) is 48.0 Å². The summed E-state index contributed by atoms with van der Waals surface area (Å²) in [5, 5.41) is 10.9. The van der Waals surface area contributed by atoms with Crippen molar-refractivity contribution in [3.05, 3.63) is 65.7 Å². The van der Waals surface area contributed by atoms with E-state index in [2.05, 4.69) is 78.3 Å². The highest BCUT2D eigenvalue weighted by Crippen LogP contribution is 2.29. The van der Waals surface area contributed by atoms with Crippen molar-refractivity contribution < 1.29 is 4.79 Å². The number of hydrogen-bond donors (Lipinski definition) is 3.